The molecule has 1 rings (SSSR count). The van der Waals surface area contributed by atoms with Crippen molar-refractivity contribution in [2.75, 3.05) is 6.54 Å². The second-order valence-electron chi connectivity index (χ2n) is 3.49. The topological polar surface area (TPSA) is 92.2 Å². The minimum atomic E-state index is -0.949. The van der Waals surface area contributed by atoms with Crippen molar-refractivity contribution in [3.05, 3.63) is 23.8 Å². The quantitative estimate of drug-likeness (QED) is 0.762. The van der Waals surface area contributed by atoms with Crippen molar-refractivity contribution >= 4 is 11.9 Å². The molecule has 16 heavy (non-hydrogen) atoms. The molecule has 86 valence electrons. The summed E-state index contributed by atoms with van der Waals surface area (Å²) >= 11 is 0. The van der Waals surface area contributed by atoms with E-state index >= 15 is 0 Å². The summed E-state index contributed by atoms with van der Waals surface area (Å²) in [4.78, 5) is 29.8. The fourth-order valence-corrected chi connectivity index (χ4v) is 0.934. The van der Waals surface area contributed by atoms with Crippen LogP contribution in [0.3, 0.4) is 0 Å². The van der Waals surface area contributed by atoms with Crippen LogP contribution in [-0.4, -0.2) is 33.5 Å². The molecule has 1 aromatic rings. The van der Waals surface area contributed by atoms with E-state index in [0.717, 1.165) is 5.69 Å². The normalized spacial score (nSPS) is 11.9. The number of hydrogen-bond acceptors (Lipinski definition) is 4. The molecule has 1 atom stereocenters. The molecule has 0 spiro atoms. The first-order valence-electron chi connectivity index (χ1n) is 4.80. The van der Waals surface area contributed by atoms with Gasteiger partial charge in [-0.2, -0.15) is 0 Å². The van der Waals surface area contributed by atoms with Crippen molar-refractivity contribution in [1.82, 2.24) is 15.3 Å². The van der Waals surface area contributed by atoms with Crippen LogP contribution in [0.1, 0.15) is 23.1 Å². The lowest BCUT2D eigenvalue weighted by atomic mass is 10.2. The molecule has 6 nitrogen and oxygen atoms in total. The van der Waals surface area contributed by atoms with E-state index < -0.39 is 17.8 Å². The second-order valence-corrected chi connectivity index (χ2v) is 3.49. The average Bonchev–Trinajstić information content (AvgIpc) is 2.26. The molecule has 1 heterocycles. The summed E-state index contributed by atoms with van der Waals surface area (Å²) in [5.74, 6) is -1.99. The molecule has 2 N–H and O–H groups in total. The van der Waals surface area contributed by atoms with Crippen LogP contribution in [0, 0.1) is 12.8 Å². The number of carboxylic acid groups (broad SMARTS) is 1. The molecule has 0 aromatic carbocycles. The maximum Gasteiger partial charge on any atom is 0.308 e. The zero-order valence-electron chi connectivity index (χ0n) is 9.10. The van der Waals surface area contributed by atoms with Gasteiger partial charge in [0.25, 0.3) is 5.91 Å². The molecule has 1 amide bonds. The Kier molecular flexibility index (Phi) is 3.93. The Morgan fingerprint density at radius 3 is 2.62 bits per heavy atom. The van der Waals surface area contributed by atoms with Gasteiger partial charge in [-0.15, -0.1) is 0 Å². The lowest BCUT2D eigenvalue weighted by molar-refractivity contribution is -0.140. The molecule has 1 aromatic heterocycles. The van der Waals surface area contributed by atoms with Gasteiger partial charge in [0.1, 0.15) is 5.69 Å². The van der Waals surface area contributed by atoms with E-state index in [1.54, 1.807) is 6.92 Å². The zero-order valence-corrected chi connectivity index (χ0v) is 9.10. The molecule has 0 bridgehead atoms. The molecule has 6 heteroatoms. The Bertz CT molecular complexity index is 389. The van der Waals surface area contributed by atoms with Gasteiger partial charge >= 0.3 is 5.97 Å². The minimum absolute atomic E-state index is 0.0731. The highest BCUT2D eigenvalue weighted by Gasteiger charge is 2.13. The third-order valence-corrected chi connectivity index (χ3v) is 2.00. The highest BCUT2D eigenvalue weighted by atomic mass is 16.4. The van der Waals surface area contributed by atoms with Crippen LogP contribution in [0.2, 0.25) is 0 Å². The summed E-state index contributed by atoms with van der Waals surface area (Å²) in [6.07, 6.45) is 2.84. The van der Waals surface area contributed by atoms with Crippen LogP contribution >= 0.6 is 0 Å². The number of nitrogens with one attached hydrogen (secondary N) is 1. The maximum atomic E-state index is 11.5. The van der Waals surface area contributed by atoms with Crippen LogP contribution < -0.4 is 5.32 Å². The van der Waals surface area contributed by atoms with E-state index in [4.69, 9.17) is 5.11 Å². The van der Waals surface area contributed by atoms with Crippen molar-refractivity contribution in [3.63, 3.8) is 0 Å². The van der Waals surface area contributed by atoms with Gasteiger partial charge in [0.15, 0.2) is 0 Å². The predicted octanol–water partition coefficient (Wildman–Crippen LogP) is 0.236. The van der Waals surface area contributed by atoms with E-state index in [1.807, 2.05) is 0 Å². The third-order valence-electron chi connectivity index (χ3n) is 2.00. The molecule has 0 radical (unpaired) electrons. The maximum absolute atomic E-state index is 11.5. The van der Waals surface area contributed by atoms with Crippen LogP contribution in [0.5, 0.6) is 0 Å². The predicted molar refractivity (Wildman–Crippen MR) is 55.9 cm³/mol. The van der Waals surface area contributed by atoms with Gasteiger partial charge < -0.3 is 10.4 Å². The molecule has 0 aliphatic heterocycles. The summed E-state index contributed by atoms with van der Waals surface area (Å²) in [5.41, 5.74) is 0.902. The van der Waals surface area contributed by atoms with Crippen LogP contribution in [0.4, 0.5) is 0 Å². The molecule has 0 saturated heterocycles. The highest BCUT2D eigenvalue weighted by molar-refractivity contribution is 5.92. The van der Waals surface area contributed by atoms with E-state index in [1.165, 1.54) is 19.3 Å². The first-order chi connectivity index (χ1) is 7.50. The van der Waals surface area contributed by atoms with Gasteiger partial charge in [-0.1, -0.05) is 6.92 Å². The Morgan fingerprint density at radius 2 is 2.12 bits per heavy atom. The average molecular weight is 223 g/mol. The van der Waals surface area contributed by atoms with E-state index in [0.29, 0.717) is 0 Å². The fraction of sp³-hybridized carbons (Fsp3) is 0.400. The first-order valence-corrected chi connectivity index (χ1v) is 4.80. The summed E-state index contributed by atoms with van der Waals surface area (Å²) in [7, 11) is 0. The van der Waals surface area contributed by atoms with Crippen LogP contribution in [0.25, 0.3) is 0 Å². The summed E-state index contributed by atoms with van der Waals surface area (Å²) < 4.78 is 0. The van der Waals surface area contributed by atoms with Crippen molar-refractivity contribution < 1.29 is 14.7 Å². The van der Waals surface area contributed by atoms with E-state index in [9.17, 15) is 9.59 Å². The number of aliphatic carboxylic acids is 1. The van der Waals surface area contributed by atoms with Crippen LogP contribution in [-0.2, 0) is 4.79 Å². The number of carbonyl (C=O) groups excluding carboxylic acids is 1. The molecule has 0 saturated carbocycles. The van der Waals surface area contributed by atoms with Crippen molar-refractivity contribution in [2.24, 2.45) is 5.92 Å². The molecular formula is C10H13N3O3. The monoisotopic (exact) mass is 223 g/mol. The summed E-state index contributed by atoms with van der Waals surface area (Å²) in [5, 5.41) is 11.1. The van der Waals surface area contributed by atoms with Gasteiger partial charge in [-0.3, -0.25) is 14.6 Å². The van der Waals surface area contributed by atoms with Gasteiger partial charge in [-0.05, 0) is 6.92 Å². The minimum Gasteiger partial charge on any atom is -0.481 e. The molecule has 1 unspecified atom stereocenters. The molecule has 0 aliphatic rings. The lowest BCUT2D eigenvalue weighted by Gasteiger charge is -2.07. The smallest absolute Gasteiger partial charge is 0.308 e. The van der Waals surface area contributed by atoms with Gasteiger partial charge in [-0.25, -0.2) is 4.98 Å². The number of aryl methyl sites for hydroxylation is 1. The lowest BCUT2D eigenvalue weighted by Crippen LogP contribution is -2.32. The Labute approximate surface area is 92.7 Å². The third kappa shape index (κ3) is 3.30. The first kappa shape index (κ1) is 12.1. The van der Waals surface area contributed by atoms with Crippen molar-refractivity contribution in [1.29, 1.82) is 0 Å². The van der Waals surface area contributed by atoms with Crippen molar-refractivity contribution in [2.45, 2.75) is 13.8 Å². The fourth-order valence-electron chi connectivity index (χ4n) is 0.934. The van der Waals surface area contributed by atoms with Crippen molar-refractivity contribution in [3.8, 4) is 0 Å². The Morgan fingerprint density at radius 1 is 1.44 bits per heavy atom. The Balaban J connectivity index is 2.53. The molecule has 0 fully saturated rings. The summed E-state index contributed by atoms with van der Waals surface area (Å²) in [6.45, 7) is 3.36. The summed E-state index contributed by atoms with van der Waals surface area (Å²) in [6, 6.07) is 0. The van der Waals surface area contributed by atoms with Gasteiger partial charge in [0, 0.05) is 12.7 Å². The number of aromatic nitrogens is 2. The number of carbonyl (C=O) groups is 2. The zero-order chi connectivity index (χ0) is 12.1. The number of amides is 1. The number of nitrogens with zero attached hydrogens (tertiary/aromatic N) is 2. The highest BCUT2D eigenvalue weighted by Crippen LogP contribution is 1.96. The van der Waals surface area contributed by atoms with Gasteiger partial charge in [0.2, 0.25) is 0 Å². The number of rotatable bonds is 4. The molecule has 0 aliphatic carbocycles. The standard InChI is InChI=1S/C10H13N3O3/c1-6(10(15)16)3-13-9(14)8-5-11-7(2)4-12-8/h4-6H,3H2,1-2H3,(H,13,14)(H,15,16). The number of hydrogen-bond donors (Lipinski definition) is 2. The largest absolute Gasteiger partial charge is 0.481 e. The van der Waals surface area contributed by atoms with Crippen LogP contribution in [0.15, 0.2) is 12.4 Å². The van der Waals surface area contributed by atoms with E-state index in [2.05, 4.69) is 15.3 Å². The molecular weight excluding hydrogens is 210 g/mol. The Hall–Kier alpha value is -1.98. The van der Waals surface area contributed by atoms with Gasteiger partial charge in [0.05, 0.1) is 17.8 Å². The SMILES string of the molecule is Cc1cnc(C(=O)NCC(C)C(=O)O)cn1. The number of carboxylic acids is 1. The van der Waals surface area contributed by atoms with E-state index in [-0.39, 0.29) is 12.2 Å². The second kappa shape index (κ2) is 5.20.